The van der Waals surface area contributed by atoms with Crippen LogP contribution in [0.5, 0.6) is 0 Å². The molecule has 5 aliphatic rings. The first-order chi connectivity index (χ1) is 13.7. The topological polar surface area (TPSA) is 84.1 Å². The lowest BCUT2D eigenvalue weighted by Crippen LogP contribution is -2.56. The number of carboxylic acid groups (broad SMARTS) is 1. The van der Waals surface area contributed by atoms with Gasteiger partial charge in [-0.1, -0.05) is 6.07 Å². The quantitative estimate of drug-likeness (QED) is 0.447. The minimum atomic E-state index is -1.22. The van der Waals surface area contributed by atoms with Crippen molar-refractivity contribution in [1.29, 1.82) is 0 Å². The Morgan fingerprint density at radius 3 is 2.20 bits per heavy atom. The lowest BCUT2D eigenvalue weighted by Gasteiger charge is -2.43. The van der Waals surface area contributed by atoms with Gasteiger partial charge in [0, 0.05) is 37.2 Å². The average Bonchev–Trinajstić information content (AvgIpc) is 2.96. The van der Waals surface area contributed by atoms with Crippen LogP contribution >= 0.6 is 0 Å². The first-order valence-corrected chi connectivity index (χ1v) is 10.5. The zero-order valence-corrected chi connectivity index (χ0v) is 18.9. The number of aromatic nitrogens is 1. The number of pyridine rings is 1. The maximum absolute atomic E-state index is 9.79. The minimum absolute atomic E-state index is 0.305. The number of carbonyl (C=O) groups is 1. The van der Waals surface area contributed by atoms with Gasteiger partial charge in [-0.3, -0.25) is 4.90 Å². The van der Waals surface area contributed by atoms with Gasteiger partial charge in [0.15, 0.2) is 0 Å². The van der Waals surface area contributed by atoms with Crippen LogP contribution in [0.3, 0.4) is 0 Å². The molecular weight excluding hydrogens is 385 g/mol. The molecule has 30 heavy (non-hydrogen) atoms. The second kappa shape index (κ2) is 6.58. The van der Waals surface area contributed by atoms with Crippen LogP contribution in [-0.2, 0) is 14.0 Å². The summed E-state index contributed by atoms with van der Waals surface area (Å²) >= 11 is 0. The Labute approximate surface area is 178 Å². The van der Waals surface area contributed by atoms with Gasteiger partial charge < -0.3 is 24.1 Å². The molecule has 6 rings (SSSR count). The van der Waals surface area contributed by atoms with Crippen molar-refractivity contribution in [2.45, 2.75) is 83.4 Å². The third-order valence-electron chi connectivity index (χ3n) is 6.67. The van der Waals surface area contributed by atoms with Crippen molar-refractivity contribution in [3.63, 3.8) is 0 Å². The Balaban J connectivity index is 0.000000235. The summed E-state index contributed by atoms with van der Waals surface area (Å²) in [7, 11) is -0.324. The Morgan fingerprint density at radius 1 is 1.23 bits per heavy atom. The van der Waals surface area contributed by atoms with Crippen LogP contribution < -0.4 is 10.4 Å². The lowest BCUT2D eigenvalue weighted by atomic mass is 9.80. The van der Waals surface area contributed by atoms with Gasteiger partial charge in [0.25, 0.3) is 0 Å². The Morgan fingerprint density at radius 2 is 1.87 bits per heavy atom. The maximum Gasteiger partial charge on any atom is 0.506 e. The highest BCUT2D eigenvalue weighted by molar-refractivity contribution is 6.62. The summed E-state index contributed by atoms with van der Waals surface area (Å²) in [6.07, 6.45) is 2.00. The molecule has 5 saturated heterocycles. The molecule has 0 saturated carbocycles. The van der Waals surface area contributed by atoms with Crippen LogP contribution in [-0.4, -0.2) is 69.9 Å². The molecule has 5 fully saturated rings. The largest absolute Gasteiger partial charge is 0.506 e. The summed E-state index contributed by atoms with van der Waals surface area (Å²) in [6.45, 7) is 15.8. The molecule has 0 aliphatic carbocycles. The zero-order valence-electron chi connectivity index (χ0n) is 18.9. The fourth-order valence-corrected chi connectivity index (χ4v) is 4.44. The number of piperazine rings is 1. The SMILES string of the molecule is CC(C)(C)OC(=O)O.CC1(C)OB(c2ccc(N3C4CN5CC53C4)nc2)OC1(C)C. The van der Waals surface area contributed by atoms with Crippen LogP contribution in [0.15, 0.2) is 18.3 Å². The smallest absolute Gasteiger partial charge is 0.450 e. The summed E-state index contributed by atoms with van der Waals surface area (Å²) in [6, 6.07) is 4.89. The molecule has 1 spiro atoms. The van der Waals surface area contributed by atoms with E-state index in [1.165, 1.54) is 19.5 Å². The molecule has 5 aliphatic heterocycles. The van der Waals surface area contributed by atoms with Crippen molar-refractivity contribution < 1.29 is 23.9 Å². The van der Waals surface area contributed by atoms with E-state index >= 15 is 0 Å². The van der Waals surface area contributed by atoms with E-state index in [4.69, 9.17) is 19.4 Å². The fraction of sp³-hybridized carbons (Fsp3) is 0.714. The van der Waals surface area contributed by atoms with E-state index in [0.717, 1.165) is 11.3 Å². The van der Waals surface area contributed by atoms with Crippen molar-refractivity contribution in [1.82, 2.24) is 9.88 Å². The zero-order chi connectivity index (χ0) is 22.1. The molecule has 6 heterocycles. The van der Waals surface area contributed by atoms with E-state index in [2.05, 4.69) is 54.4 Å². The summed E-state index contributed by atoms with van der Waals surface area (Å²) in [5.74, 6) is 1.09. The Bertz CT molecular complexity index is 820. The third-order valence-corrected chi connectivity index (χ3v) is 6.67. The van der Waals surface area contributed by atoms with Crippen LogP contribution in [0.1, 0.15) is 54.9 Å². The highest BCUT2D eigenvalue weighted by Gasteiger charge is 2.73. The van der Waals surface area contributed by atoms with Crippen molar-refractivity contribution >= 4 is 24.6 Å². The van der Waals surface area contributed by atoms with Crippen molar-refractivity contribution in [2.75, 3.05) is 18.0 Å². The number of hydrogen-bond acceptors (Lipinski definition) is 7. The summed E-state index contributed by atoms with van der Waals surface area (Å²) < 4.78 is 16.5. The molecular formula is C21H32BN3O5. The second-order valence-electron chi connectivity index (χ2n) is 10.6. The molecule has 0 radical (unpaired) electrons. The Kier molecular flexibility index (Phi) is 4.69. The van der Waals surface area contributed by atoms with Crippen molar-refractivity contribution in [3.05, 3.63) is 18.3 Å². The highest BCUT2D eigenvalue weighted by Crippen LogP contribution is 2.58. The van der Waals surface area contributed by atoms with Crippen LogP contribution in [0.4, 0.5) is 10.6 Å². The van der Waals surface area contributed by atoms with Crippen molar-refractivity contribution in [3.8, 4) is 0 Å². The van der Waals surface area contributed by atoms with Gasteiger partial charge in [-0.15, -0.1) is 0 Å². The molecule has 164 valence electrons. The molecule has 1 aromatic rings. The van der Waals surface area contributed by atoms with Gasteiger partial charge in [-0.25, -0.2) is 9.78 Å². The number of ether oxygens (including phenoxy) is 1. The van der Waals surface area contributed by atoms with Crippen LogP contribution in [0.25, 0.3) is 0 Å². The molecule has 1 aromatic heterocycles. The van der Waals surface area contributed by atoms with Gasteiger partial charge in [0.05, 0.1) is 11.2 Å². The third kappa shape index (κ3) is 3.57. The van der Waals surface area contributed by atoms with Crippen LogP contribution in [0, 0.1) is 0 Å². The van der Waals surface area contributed by atoms with E-state index in [9.17, 15) is 4.79 Å². The molecule has 8 nitrogen and oxygen atoms in total. The average molecular weight is 417 g/mol. The number of rotatable bonds is 2. The molecule has 2 bridgehead atoms. The number of anilines is 1. The second-order valence-corrected chi connectivity index (χ2v) is 10.6. The first-order valence-electron chi connectivity index (χ1n) is 10.5. The van der Waals surface area contributed by atoms with E-state index in [1.54, 1.807) is 20.8 Å². The number of hydrogen-bond donors (Lipinski definition) is 1. The van der Waals surface area contributed by atoms with Gasteiger partial charge in [0.2, 0.25) is 0 Å². The molecule has 3 unspecified atom stereocenters. The molecule has 3 atom stereocenters. The lowest BCUT2D eigenvalue weighted by molar-refractivity contribution is 0.00578. The first kappa shape index (κ1) is 21.4. The van der Waals surface area contributed by atoms with E-state index < -0.39 is 11.8 Å². The highest BCUT2D eigenvalue weighted by atomic mass is 16.7. The number of piperidine rings is 1. The predicted octanol–water partition coefficient (Wildman–Crippen LogP) is 2.46. The van der Waals surface area contributed by atoms with E-state index in [1.807, 2.05) is 6.20 Å². The maximum atomic E-state index is 9.79. The summed E-state index contributed by atoms with van der Waals surface area (Å²) in [5.41, 5.74) is 0.149. The van der Waals surface area contributed by atoms with Gasteiger partial charge in [0.1, 0.15) is 17.1 Å². The van der Waals surface area contributed by atoms with Gasteiger partial charge in [-0.2, -0.15) is 0 Å². The summed E-state index contributed by atoms with van der Waals surface area (Å²) in [4.78, 5) is 19.5. The van der Waals surface area contributed by atoms with E-state index in [0.29, 0.717) is 11.7 Å². The van der Waals surface area contributed by atoms with E-state index in [-0.39, 0.29) is 18.3 Å². The molecule has 0 amide bonds. The van der Waals surface area contributed by atoms with Crippen molar-refractivity contribution in [2.24, 2.45) is 0 Å². The van der Waals surface area contributed by atoms with Gasteiger partial charge >= 0.3 is 13.3 Å². The predicted molar refractivity (Wildman–Crippen MR) is 114 cm³/mol. The number of nitrogens with zero attached hydrogens (tertiary/aromatic N) is 3. The molecule has 1 N–H and O–H groups in total. The Hall–Kier alpha value is -1.84. The van der Waals surface area contributed by atoms with Gasteiger partial charge in [-0.05, 0) is 54.5 Å². The monoisotopic (exact) mass is 417 g/mol. The molecule has 0 aromatic carbocycles. The minimum Gasteiger partial charge on any atom is -0.450 e. The standard InChI is InChI=1S/C16H22BN3O2.C5H10O3/c1-14(2)15(3,4)22-17(21-14)11-5-6-13(18-8-11)20-12-7-16(20)10-19(16)9-12;1-5(2,3)8-4(6)7/h5-6,8,12H,7,9-10H2,1-4H3;1-3H3,(H,6,7). The van der Waals surface area contributed by atoms with Crippen LogP contribution in [0.2, 0.25) is 0 Å². The molecule has 9 heteroatoms. The fourth-order valence-electron chi connectivity index (χ4n) is 4.44. The summed E-state index contributed by atoms with van der Waals surface area (Å²) in [5, 5.41) is 8.03. The normalized spacial score (nSPS) is 32.0.